The van der Waals surface area contributed by atoms with Crippen molar-refractivity contribution < 1.29 is 63.3 Å². The molecule has 1 amide bonds. The molecule has 0 spiro atoms. The molecule has 2 fully saturated rings. The number of aromatic nitrogens is 2. The summed E-state index contributed by atoms with van der Waals surface area (Å²) in [6.07, 6.45) is -9.00. The zero-order valence-electron chi connectivity index (χ0n) is 29.1. The number of hydrogen-bond acceptors (Lipinski definition) is 10. The topological polar surface area (TPSA) is 184 Å². The van der Waals surface area contributed by atoms with Crippen LogP contribution in [0.15, 0.2) is 58.1 Å². The Morgan fingerprint density at radius 2 is 1.45 bits per heavy atom. The van der Waals surface area contributed by atoms with Crippen LogP contribution in [0.2, 0.25) is 5.02 Å². The van der Waals surface area contributed by atoms with Crippen LogP contribution in [0.4, 0.5) is 36.8 Å². The van der Waals surface area contributed by atoms with E-state index in [9.17, 15) is 53.9 Å². The van der Waals surface area contributed by atoms with Crippen LogP contribution in [0, 0.1) is 0 Å². The number of alkyl halides is 6. The summed E-state index contributed by atoms with van der Waals surface area (Å²) in [6, 6.07) is 9.30. The van der Waals surface area contributed by atoms with Gasteiger partial charge < -0.3 is 23.9 Å². The SMILES string of the molecule is COC(=O)c1cc(C2CCOC2)c(C(F)(F)F)cc1NC(=O)Oc1ccc(Cl)cc1.CS(=O)(=O)Nn1c(=O)[nH]c2cc(C(F)(F)F)c(C3CCOC3)cc2c1=O. The molecule has 2 aliphatic rings. The summed E-state index contributed by atoms with van der Waals surface area (Å²) < 4.78 is 124. The number of carbonyl (C=O) groups is 2. The molecule has 3 heterocycles. The van der Waals surface area contributed by atoms with Crippen LogP contribution in [-0.2, 0) is 36.6 Å². The van der Waals surface area contributed by atoms with E-state index in [-0.39, 0.29) is 56.9 Å². The quantitative estimate of drug-likeness (QED) is 0.148. The molecule has 14 nitrogen and oxygen atoms in total. The highest BCUT2D eigenvalue weighted by Gasteiger charge is 2.39. The van der Waals surface area contributed by atoms with Crippen molar-refractivity contribution in [2.45, 2.75) is 37.0 Å². The first-order valence-electron chi connectivity index (χ1n) is 16.3. The first-order valence-corrected chi connectivity index (χ1v) is 18.5. The molecule has 302 valence electrons. The predicted octanol–water partition coefficient (Wildman–Crippen LogP) is 5.98. The van der Waals surface area contributed by atoms with Crippen LogP contribution in [-0.4, -0.2) is 69.9 Å². The summed E-state index contributed by atoms with van der Waals surface area (Å²) in [6.45, 7) is 0.803. The van der Waals surface area contributed by atoms with E-state index in [0.717, 1.165) is 25.5 Å². The monoisotopic (exact) mass is 836 g/mol. The lowest BCUT2D eigenvalue weighted by Gasteiger charge is -2.20. The number of H-pyrrole nitrogens is 1. The molecule has 0 bridgehead atoms. The number of halogens is 7. The molecule has 0 saturated carbocycles. The molecule has 4 aromatic rings. The van der Waals surface area contributed by atoms with Crippen LogP contribution in [0.5, 0.6) is 5.75 Å². The van der Waals surface area contributed by atoms with Gasteiger partial charge in [0, 0.05) is 30.1 Å². The normalized spacial score (nSPS) is 17.2. The van der Waals surface area contributed by atoms with Crippen molar-refractivity contribution in [3.8, 4) is 5.75 Å². The number of hydrogen-bond donors (Lipinski definition) is 3. The molecule has 2 atom stereocenters. The van der Waals surface area contributed by atoms with Gasteiger partial charge in [-0.2, -0.15) is 31.0 Å². The number of carbonyl (C=O) groups excluding carboxylic acids is 2. The highest BCUT2D eigenvalue weighted by atomic mass is 35.5. The molecule has 6 rings (SSSR count). The van der Waals surface area contributed by atoms with Gasteiger partial charge in [-0.25, -0.2) is 27.6 Å². The van der Waals surface area contributed by atoms with Gasteiger partial charge in [-0.3, -0.25) is 10.1 Å². The van der Waals surface area contributed by atoms with Crippen molar-refractivity contribution in [2.24, 2.45) is 0 Å². The van der Waals surface area contributed by atoms with E-state index in [4.69, 9.17) is 25.8 Å². The third kappa shape index (κ3) is 10.00. The van der Waals surface area contributed by atoms with Crippen molar-refractivity contribution in [1.29, 1.82) is 0 Å². The van der Waals surface area contributed by atoms with Gasteiger partial charge in [0.25, 0.3) is 5.56 Å². The summed E-state index contributed by atoms with van der Waals surface area (Å²) >= 11 is 5.76. The predicted molar refractivity (Wildman–Crippen MR) is 188 cm³/mol. The highest BCUT2D eigenvalue weighted by molar-refractivity contribution is 7.91. The standard InChI is InChI=1S/C20H17ClF3NO5.C14H14F3N3O5S/c1-28-18(26)15-8-14(11-6-7-29-10-11)16(20(22,23)24)9-17(15)25-19(27)30-13-4-2-12(21)3-5-13;1-26(23,24)19-20-12(21)9-4-8(7-2-3-25-6-7)10(14(15,16)17)5-11(9)18-13(20)22/h2-5,8-9,11H,6-7,10H2,1H3,(H,25,27);4-5,7,19H,2-3,6H2,1H3,(H,18,22). The number of rotatable bonds is 7. The molecule has 0 aliphatic carbocycles. The average Bonchev–Trinajstić information content (AvgIpc) is 3.85. The van der Waals surface area contributed by atoms with Crippen molar-refractivity contribution in [2.75, 3.05) is 49.9 Å². The maximum atomic E-state index is 13.7. The highest BCUT2D eigenvalue weighted by Crippen LogP contribution is 2.41. The number of fused-ring (bicyclic) bond motifs is 1. The lowest BCUT2D eigenvalue weighted by molar-refractivity contribution is -0.139. The van der Waals surface area contributed by atoms with Crippen LogP contribution in [0.25, 0.3) is 10.9 Å². The number of benzene rings is 3. The summed E-state index contributed by atoms with van der Waals surface area (Å²) in [5.41, 5.74) is -5.34. The number of amides is 1. The maximum absolute atomic E-state index is 13.7. The Balaban J connectivity index is 0.000000216. The van der Waals surface area contributed by atoms with Gasteiger partial charge >= 0.3 is 30.1 Å². The Bertz CT molecular complexity index is 2360. The third-order valence-corrected chi connectivity index (χ3v) is 9.30. The van der Waals surface area contributed by atoms with E-state index in [1.807, 2.05) is 0 Å². The van der Waals surface area contributed by atoms with Crippen LogP contribution >= 0.6 is 11.6 Å². The second kappa shape index (κ2) is 16.5. The summed E-state index contributed by atoms with van der Waals surface area (Å²) in [4.78, 5) is 52.6. The molecular formula is C34H31ClF6N4O10S. The van der Waals surface area contributed by atoms with E-state index in [1.54, 1.807) is 4.83 Å². The number of ether oxygens (including phenoxy) is 4. The van der Waals surface area contributed by atoms with E-state index in [2.05, 4.69) is 15.0 Å². The largest absolute Gasteiger partial charge is 0.465 e. The van der Waals surface area contributed by atoms with Gasteiger partial charge in [-0.1, -0.05) is 11.6 Å². The number of methoxy groups -OCH3 is 1. The van der Waals surface area contributed by atoms with Gasteiger partial charge in [0.1, 0.15) is 5.75 Å². The Labute approximate surface area is 317 Å². The minimum Gasteiger partial charge on any atom is -0.465 e. The van der Waals surface area contributed by atoms with Crippen molar-refractivity contribution in [3.05, 3.63) is 102 Å². The number of esters is 1. The number of anilines is 1. The van der Waals surface area contributed by atoms with E-state index in [0.29, 0.717) is 43.2 Å². The Morgan fingerprint density at radius 1 is 0.893 bits per heavy atom. The number of nitrogens with zero attached hydrogens (tertiary/aromatic N) is 1. The first kappa shape index (κ1) is 42.0. The number of sulfonamides is 1. The number of nitrogens with one attached hydrogen (secondary N) is 3. The summed E-state index contributed by atoms with van der Waals surface area (Å²) in [5.74, 6) is -1.86. The van der Waals surface area contributed by atoms with Crippen LogP contribution in [0.1, 0.15) is 57.3 Å². The number of aromatic amines is 1. The molecule has 3 N–H and O–H groups in total. The lowest BCUT2D eigenvalue weighted by Crippen LogP contribution is -2.43. The zero-order chi connectivity index (χ0) is 41.2. The van der Waals surface area contributed by atoms with E-state index >= 15 is 0 Å². The van der Waals surface area contributed by atoms with Crippen molar-refractivity contribution in [1.82, 2.24) is 9.66 Å². The molecule has 56 heavy (non-hydrogen) atoms. The smallest absolute Gasteiger partial charge is 0.417 e. The first-order chi connectivity index (χ1) is 26.2. The molecule has 3 aromatic carbocycles. The fourth-order valence-electron chi connectivity index (χ4n) is 6.00. The fraction of sp³-hybridized carbons (Fsp3) is 0.353. The minimum atomic E-state index is -4.71. The molecule has 2 unspecified atom stereocenters. The Kier molecular flexibility index (Phi) is 12.4. The second-order valence-corrected chi connectivity index (χ2v) is 14.6. The zero-order valence-corrected chi connectivity index (χ0v) is 30.7. The minimum absolute atomic E-state index is 0.0771. The Hall–Kier alpha value is -5.12. The van der Waals surface area contributed by atoms with Crippen LogP contribution in [0.3, 0.4) is 0 Å². The molecular weight excluding hydrogens is 806 g/mol. The fourth-order valence-corrected chi connectivity index (χ4v) is 6.62. The van der Waals surface area contributed by atoms with E-state index < -0.39 is 68.7 Å². The summed E-state index contributed by atoms with van der Waals surface area (Å²) in [7, 11) is -2.86. The average molecular weight is 837 g/mol. The van der Waals surface area contributed by atoms with Crippen molar-refractivity contribution in [3.63, 3.8) is 0 Å². The van der Waals surface area contributed by atoms with Gasteiger partial charge in [0.2, 0.25) is 10.0 Å². The van der Waals surface area contributed by atoms with Crippen molar-refractivity contribution >= 4 is 50.3 Å². The van der Waals surface area contributed by atoms with Gasteiger partial charge in [-0.05, 0) is 72.5 Å². The molecule has 0 radical (unpaired) electrons. The molecule has 2 aliphatic heterocycles. The Morgan fingerprint density at radius 3 is 1.95 bits per heavy atom. The summed E-state index contributed by atoms with van der Waals surface area (Å²) in [5, 5.41) is 2.37. The third-order valence-electron chi connectivity index (χ3n) is 8.53. The van der Waals surface area contributed by atoms with Gasteiger partial charge in [-0.15, -0.1) is 0 Å². The van der Waals surface area contributed by atoms with E-state index in [1.165, 1.54) is 24.3 Å². The molecule has 1 aromatic heterocycles. The van der Waals surface area contributed by atoms with Crippen LogP contribution < -0.4 is 26.1 Å². The van der Waals surface area contributed by atoms with Gasteiger partial charge in [0.15, 0.2) is 0 Å². The molecule has 22 heteroatoms. The lowest BCUT2D eigenvalue weighted by atomic mass is 9.90. The molecule has 2 saturated heterocycles. The maximum Gasteiger partial charge on any atom is 0.417 e. The van der Waals surface area contributed by atoms with Gasteiger partial charge in [0.05, 0.1) is 59.9 Å². The second-order valence-electron chi connectivity index (χ2n) is 12.5.